The fourth-order valence-corrected chi connectivity index (χ4v) is 1.57. The second-order valence-electron chi connectivity index (χ2n) is 3.98. The highest BCUT2D eigenvalue weighted by molar-refractivity contribution is 5.91. The molecule has 0 unspecified atom stereocenters. The predicted octanol–water partition coefficient (Wildman–Crippen LogP) is 3.76. The third kappa shape index (κ3) is 2.88. The molecule has 0 aliphatic heterocycles. The van der Waals surface area contributed by atoms with Gasteiger partial charge in [-0.1, -0.05) is 6.07 Å². The van der Waals surface area contributed by atoms with Crippen LogP contribution in [-0.2, 0) is 0 Å². The number of hydrogen-bond acceptors (Lipinski definition) is 2. The van der Waals surface area contributed by atoms with Gasteiger partial charge in [0.1, 0.15) is 17.1 Å². The Balaban J connectivity index is 2.43. The van der Waals surface area contributed by atoms with E-state index in [1.807, 2.05) is 0 Å². The highest BCUT2D eigenvalue weighted by Gasteiger charge is 2.15. The normalized spacial score (nSPS) is 10.3. The lowest BCUT2D eigenvalue weighted by atomic mass is 10.2. The Labute approximate surface area is 108 Å². The summed E-state index contributed by atoms with van der Waals surface area (Å²) in [5.74, 6) is -2.88. The first kappa shape index (κ1) is 13.0. The fourth-order valence-electron chi connectivity index (χ4n) is 1.57. The number of carbonyl (C=O) groups is 1. The van der Waals surface area contributed by atoms with Gasteiger partial charge in [-0.3, -0.25) is 0 Å². The number of aryl methyl sites for hydroxylation is 1. The van der Waals surface area contributed by atoms with Crippen LogP contribution in [0.1, 0.15) is 15.9 Å². The number of ether oxygens (including phenoxy) is 1. The zero-order valence-corrected chi connectivity index (χ0v) is 9.98. The van der Waals surface area contributed by atoms with Crippen molar-refractivity contribution in [3.8, 4) is 11.5 Å². The maximum Gasteiger partial charge on any atom is 0.339 e. The van der Waals surface area contributed by atoms with E-state index in [2.05, 4.69) is 0 Å². The van der Waals surface area contributed by atoms with E-state index in [-0.39, 0.29) is 17.1 Å². The van der Waals surface area contributed by atoms with Crippen molar-refractivity contribution in [3.63, 3.8) is 0 Å². The quantitative estimate of drug-likeness (QED) is 0.918. The van der Waals surface area contributed by atoms with Crippen molar-refractivity contribution in [1.82, 2.24) is 0 Å². The molecule has 5 heteroatoms. The van der Waals surface area contributed by atoms with Gasteiger partial charge in [-0.05, 0) is 42.8 Å². The van der Waals surface area contributed by atoms with Crippen molar-refractivity contribution in [3.05, 3.63) is 59.2 Å². The second kappa shape index (κ2) is 5.06. The number of rotatable bonds is 3. The Kier molecular flexibility index (Phi) is 3.46. The number of benzene rings is 2. The van der Waals surface area contributed by atoms with Gasteiger partial charge in [-0.25, -0.2) is 13.6 Å². The predicted molar refractivity (Wildman–Crippen MR) is 64.6 cm³/mol. The lowest BCUT2D eigenvalue weighted by Crippen LogP contribution is -2.01. The molecule has 0 aliphatic carbocycles. The molecule has 0 fully saturated rings. The Bertz CT molecular complexity index is 639. The summed E-state index contributed by atoms with van der Waals surface area (Å²) in [5.41, 5.74) is 0.399. The van der Waals surface area contributed by atoms with E-state index in [1.54, 1.807) is 13.0 Å². The van der Waals surface area contributed by atoms with Gasteiger partial charge in [0.05, 0.1) is 0 Å². The largest absolute Gasteiger partial charge is 0.478 e. The molecule has 0 bridgehead atoms. The Morgan fingerprint density at radius 2 is 1.84 bits per heavy atom. The zero-order chi connectivity index (χ0) is 14.0. The molecule has 2 rings (SSSR count). The molecule has 0 aliphatic rings. The van der Waals surface area contributed by atoms with E-state index in [0.29, 0.717) is 0 Å². The third-order valence-electron chi connectivity index (χ3n) is 2.48. The summed E-state index contributed by atoms with van der Waals surface area (Å²) in [6.07, 6.45) is 0. The van der Waals surface area contributed by atoms with Gasteiger partial charge in [-0.15, -0.1) is 0 Å². The fraction of sp³-hybridized carbons (Fsp3) is 0.0714. The molecule has 0 atom stereocenters. The van der Waals surface area contributed by atoms with E-state index in [9.17, 15) is 13.6 Å². The summed E-state index contributed by atoms with van der Waals surface area (Å²) in [7, 11) is 0. The van der Waals surface area contributed by atoms with Gasteiger partial charge in [0.2, 0.25) is 0 Å². The van der Waals surface area contributed by atoms with E-state index < -0.39 is 17.6 Å². The van der Waals surface area contributed by atoms with Crippen LogP contribution in [-0.4, -0.2) is 11.1 Å². The highest BCUT2D eigenvalue weighted by atomic mass is 19.1. The van der Waals surface area contributed by atoms with Crippen LogP contribution in [0, 0.1) is 18.6 Å². The maximum absolute atomic E-state index is 13.5. The maximum atomic E-state index is 13.5. The first-order chi connectivity index (χ1) is 8.97. The van der Waals surface area contributed by atoms with E-state index in [0.717, 1.165) is 23.8 Å². The molecule has 98 valence electrons. The summed E-state index contributed by atoms with van der Waals surface area (Å²) in [6, 6.07) is 7.24. The number of hydrogen-bond donors (Lipinski definition) is 1. The van der Waals surface area contributed by atoms with Crippen LogP contribution in [0.15, 0.2) is 36.4 Å². The minimum absolute atomic E-state index is 0.103. The summed E-state index contributed by atoms with van der Waals surface area (Å²) in [5, 5.41) is 8.95. The molecular formula is C14H10F2O3. The number of carboxylic acids is 1. The molecule has 0 saturated carbocycles. The van der Waals surface area contributed by atoms with Crippen LogP contribution in [0.4, 0.5) is 8.78 Å². The standard InChI is InChI=1S/C14H10F2O3/c1-8-2-4-11(16)13(6-8)19-12-5-3-9(15)7-10(12)14(17)18/h2-7H,1H3,(H,17,18). The molecule has 0 radical (unpaired) electrons. The number of aromatic carboxylic acids is 1. The van der Waals surface area contributed by atoms with Crippen LogP contribution >= 0.6 is 0 Å². The van der Waals surface area contributed by atoms with Crippen molar-refractivity contribution >= 4 is 5.97 Å². The molecule has 2 aromatic carbocycles. The first-order valence-corrected chi connectivity index (χ1v) is 5.44. The lowest BCUT2D eigenvalue weighted by Gasteiger charge is -2.10. The smallest absolute Gasteiger partial charge is 0.339 e. The first-order valence-electron chi connectivity index (χ1n) is 5.44. The Hall–Kier alpha value is -2.43. The highest BCUT2D eigenvalue weighted by Crippen LogP contribution is 2.28. The van der Waals surface area contributed by atoms with Crippen LogP contribution in [0.2, 0.25) is 0 Å². The monoisotopic (exact) mass is 264 g/mol. The minimum Gasteiger partial charge on any atom is -0.478 e. The summed E-state index contributed by atoms with van der Waals surface area (Å²) < 4.78 is 31.7. The molecular weight excluding hydrogens is 254 g/mol. The van der Waals surface area contributed by atoms with Crippen molar-refractivity contribution in [1.29, 1.82) is 0 Å². The van der Waals surface area contributed by atoms with Gasteiger partial charge in [0, 0.05) is 0 Å². The van der Waals surface area contributed by atoms with Crippen LogP contribution < -0.4 is 4.74 Å². The molecule has 19 heavy (non-hydrogen) atoms. The molecule has 0 aromatic heterocycles. The van der Waals surface area contributed by atoms with E-state index >= 15 is 0 Å². The summed E-state index contributed by atoms with van der Waals surface area (Å²) in [4.78, 5) is 11.0. The zero-order valence-electron chi connectivity index (χ0n) is 9.98. The van der Waals surface area contributed by atoms with Crippen LogP contribution in [0.25, 0.3) is 0 Å². The topological polar surface area (TPSA) is 46.5 Å². The lowest BCUT2D eigenvalue weighted by molar-refractivity contribution is 0.0693. The number of halogens is 2. The minimum atomic E-state index is -1.34. The second-order valence-corrected chi connectivity index (χ2v) is 3.98. The van der Waals surface area contributed by atoms with Crippen molar-refractivity contribution in [2.45, 2.75) is 6.92 Å². The van der Waals surface area contributed by atoms with Crippen molar-refractivity contribution in [2.24, 2.45) is 0 Å². The van der Waals surface area contributed by atoms with Gasteiger partial charge < -0.3 is 9.84 Å². The van der Waals surface area contributed by atoms with Gasteiger partial charge in [0.25, 0.3) is 0 Å². The SMILES string of the molecule is Cc1ccc(F)c(Oc2ccc(F)cc2C(=O)O)c1. The molecule has 1 N–H and O–H groups in total. The van der Waals surface area contributed by atoms with E-state index in [4.69, 9.17) is 9.84 Å². The Morgan fingerprint density at radius 3 is 2.53 bits per heavy atom. The van der Waals surface area contributed by atoms with E-state index in [1.165, 1.54) is 12.1 Å². The van der Waals surface area contributed by atoms with Gasteiger partial charge in [-0.2, -0.15) is 0 Å². The van der Waals surface area contributed by atoms with Crippen molar-refractivity contribution in [2.75, 3.05) is 0 Å². The molecule has 3 nitrogen and oxygen atoms in total. The average Bonchev–Trinajstić information content (AvgIpc) is 2.35. The van der Waals surface area contributed by atoms with Crippen LogP contribution in [0.5, 0.6) is 11.5 Å². The molecule has 2 aromatic rings. The molecule has 0 heterocycles. The molecule has 0 saturated heterocycles. The van der Waals surface area contributed by atoms with Crippen molar-refractivity contribution < 1.29 is 23.4 Å². The summed E-state index contributed by atoms with van der Waals surface area (Å²) >= 11 is 0. The van der Waals surface area contributed by atoms with Gasteiger partial charge >= 0.3 is 5.97 Å². The molecule has 0 amide bonds. The molecule has 0 spiro atoms. The van der Waals surface area contributed by atoms with Gasteiger partial charge in [0.15, 0.2) is 11.6 Å². The Morgan fingerprint density at radius 1 is 1.11 bits per heavy atom. The third-order valence-corrected chi connectivity index (χ3v) is 2.48. The van der Waals surface area contributed by atoms with Crippen LogP contribution in [0.3, 0.4) is 0 Å². The average molecular weight is 264 g/mol. The number of carboxylic acid groups (broad SMARTS) is 1. The summed E-state index contributed by atoms with van der Waals surface area (Å²) in [6.45, 7) is 1.75.